The van der Waals surface area contributed by atoms with Crippen LogP contribution in [0.25, 0.3) is 0 Å². The molecule has 0 radical (unpaired) electrons. The fraction of sp³-hybridized carbons (Fsp3) is 0.517. The first kappa shape index (κ1) is 27.7. The number of halogens is 1. The molecule has 1 unspecified atom stereocenters. The fourth-order valence-electron chi connectivity index (χ4n) is 4.92. The van der Waals surface area contributed by atoms with E-state index in [1.54, 1.807) is 32.9 Å². The van der Waals surface area contributed by atoms with E-state index in [0.717, 1.165) is 43.2 Å². The van der Waals surface area contributed by atoms with Crippen LogP contribution in [-0.2, 0) is 22.4 Å². The van der Waals surface area contributed by atoms with Crippen LogP contribution < -0.4 is 10.6 Å². The number of nitrogens with one attached hydrogen (secondary N) is 2. The average molecular weight is 498 g/mol. The highest BCUT2D eigenvalue weighted by Crippen LogP contribution is 2.35. The van der Waals surface area contributed by atoms with Gasteiger partial charge in [-0.1, -0.05) is 42.5 Å². The molecule has 0 bridgehead atoms. The monoisotopic (exact) mass is 497 g/mol. The van der Waals surface area contributed by atoms with Gasteiger partial charge in [0.05, 0.1) is 0 Å². The van der Waals surface area contributed by atoms with Crippen LogP contribution >= 0.6 is 0 Å². The minimum Gasteiger partial charge on any atom is -0.444 e. The third-order valence-electron chi connectivity index (χ3n) is 6.92. The average Bonchev–Trinajstić information content (AvgIpc) is 2.79. The molecule has 0 aliphatic heterocycles. The molecule has 1 saturated carbocycles. The Morgan fingerprint density at radius 1 is 1.06 bits per heavy atom. The maximum absolute atomic E-state index is 13.8. The van der Waals surface area contributed by atoms with Gasteiger partial charge in [-0.2, -0.15) is 0 Å². The largest absolute Gasteiger partial charge is 0.444 e. The van der Waals surface area contributed by atoms with Crippen molar-refractivity contribution in [1.29, 1.82) is 0 Å². The summed E-state index contributed by atoms with van der Waals surface area (Å²) in [4.78, 5) is 28.0. The van der Waals surface area contributed by atoms with E-state index in [0.29, 0.717) is 6.42 Å². The molecule has 1 aliphatic rings. The van der Waals surface area contributed by atoms with E-state index in [4.69, 9.17) is 4.74 Å². The summed E-state index contributed by atoms with van der Waals surface area (Å²) in [6.07, 6.45) is 3.90. The van der Waals surface area contributed by atoms with Crippen molar-refractivity contribution in [2.24, 2.45) is 0 Å². The zero-order chi connectivity index (χ0) is 26.3. The quantitative estimate of drug-likeness (QED) is 0.546. The van der Waals surface area contributed by atoms with Crippen molar-refractivity contribution in [1.82, 2.24) is 15.5 Å². The van der Waals surface area contributed by atoms with E-state index in [1.165, 1.54) is 6.07 Å². The van der Waals surface area contributed by atoms with Crippen molar-refractivity contribution in [2.75, 3.05) is 14.1 Å². The predicted octanol–water partition coefficient (Wildman–Crippen LogP) is 4.86. The number of benzene rings is 2. The van der Waals surface area contributed by atoms with Gasteiger partial charge in [-0.25, -0.2) is 9.18 Å². The Labute approximate surface area is 214 Å². The maximum atomic E-state index is 13.8. The number of rotatable bonds is 8. The SMILES string of the molecule is CN(C)C1(Cc2cccc(F)c2)CCC(NC(=O)C(Cc2ccccc2)NC(=O)OC(C)(C)C)CC1. The number of alkyl carbamates (subject to hydrolysis) is 1. The van der Waals surface area contributed by atoms with Crippen molar-refractivity contribution in [2.45, 2.75) is 82.5 Å². The lowest BCUT2D eigenvalue weighted by molar-refractivity contribution is -0.124. The Hall–Kier alpha value is -2.93. The van der Waals surface area contributed by atoms with Crippen molar-refractivity contribution < 1.29 is 18.7 Å². The third kappa shape index (κ3) is 8.05. The van der Waals surface area contributed by atoms with Gasteiger partial charge in [-0.05, 0) is 90.2 Å². The van der Waals surface area contributed by atoms with Crippen molar-refractivity contribution in [3.05, 3.63) is 71.5 Å². The van der Waals surface area contributed by atoms with Crippen molar-refractivity contribution in [3.63, 3.8) is 0 Å². The highest BCUT2D eigenvalue weighted by molar-refractivity contribution is 5.86. The van der Waals surface area contributed by atoms with Crippen LogP contribution in [0.2, 0.25) is 0 Å². The lowest BCUT2D eigenvalue weighted by atomic mass is 9.74. The van der Waals surface area contributed by atoms with Crippen LogP contribution in [0.4, 0.5) is 9.18 Å². The van der Waals surface area contributed by atoms with E-state index in [-0.39, 0.29) is 23.3 Å². The van der Waals surface area contributed by atoms with Crippen LogP contribution in [0.5, 0.6) is 0 Å². The number of amides is 2. The van der Waals surface area contributed by atoms with Gasteiger partial charge in [-0.3, -0.25) is 4.79 Å². The molecule has 36 heavy (non-hydrogen) atoms. The van der Waals surface area contributed by atoms with Gasteiger partial charge in [0, 0.05) is 18.0 Å². The minimum absolute atomic E-state index is 0.0109. The first-order chi connectivity index (χ1) is 17.0. The van der Waals surface area contributed by atoms with Gasteiger partial charge in [0.1, 0.15) is 17.5 Å². The summed E-state index contributed by atoms with van der Waals surface area (Å²) in [7, 11) is 4.14. The zero-order valence-corrected chi connectivity index (χ0v) is 22.1. The Morgan fingerprint density at radius 3 is 2.28 bits per heavy atom. The van der Waals surface area contributed by atoms with Crippen LogP contribution in [0.15, 0.2) is 54.6 Å². The minimum atomic E-state index is -0.741. The fourth-order valence-corrected chi connectivity index (χ4v) is 4.92. The van der Waals surface area contributed by atoms with Crippen LogP contribution in [0, 0.1) is 5.82 Å². The number of ether oxygens (including phenoxy) is 1. The molecule has 2 N–H and O–H groups in total. The Balaban J connectivity index is 1.65. The summed E-state index contributed by atoms with van der Waals surface area (Å²) < 4.78 is 19.2. The highest BCUT2D eigenvalue weighted by atomic mass is 19.1. The van der Waals surface area contributed by atoms with Crippen LogP contribution in [-0.4, -0.2) is 54.2 Å². The van der Waals surface area contributed by atoms with E-state index in [1.807, 2.05) is 36.4 Å². The molecule has 1 atom stereocenters. The maximum Gasteiger partial charge on any atom is 0.408 e. The second-order valence-corrected chi connectivity index (χ2v) is 11.1. The molecule has 0 aromatic heterocycles. The highest BCUT2D eigenvalue weighted by Gasteiger charge is 2.38. The number of likely N-dealkylation sites (N-methyl/N-ethyl adjacent to an activating group) is 1. The molecular formula is C29H40FN3O3. The number of carbonyl (C=O) groups excluding carboxylic acids is 2. The number of hydrogen-bond donors (Lipinski definition) is 2. The first-order valence-corrected chi connectivity index (χ1v) is 12.7. The zero-order valence-electron chi connectivity index (χ0n) is 22.1. The molecule has 2 aromatic rings. The molecule has 1 aliphatic carbocycles. The second-order valence-electron chi connectivity index (χ2n) is 11.1. The Bertz CT molecular complexity index is 1010. The van der Waals surface area contributed by atoms with E-state index in [9.17, 15) is 14.0 Å². The molecule has 3 rings (SSSR count). The standard InChI is InChI=1S/C29H40FN3O3/c1-28(2,3)36-27(35)32-25(19-21-10-7-6-8-11-21)26(34)31-24-14-16-29(17-15-24,33(4)5)20-22-12-9-13-23(30)18-22/h6-13,18,24-25H,14-17,19-20H2,1-5H3,(H,31,34)(H,32,35). The lowest BCUT2D eigenvalue weighted by Crippen LogP contribution is -2.55. The normalized spacial score (nSPS) is 21.0. The smallest absolute Gasteiger partial charge is 0.408 e. The molecular weight excluding hydrogens is 457 g/mol. The Morgan fingerprint density at radius 2 is 1.69 bits per heavy atom. The molecule has 1 fully saturated rings. The molecule has 0 saturated heterocycles. The van der Waals surface area contributed by atoms with Crippen molar-refractivity contribution in [3.8, 4) is 0 Å². The summed E-state index contributed by atoms with van der Waals surface area (Å²) in [6, 6.07) is 15.7. The van der Waals surface area contributed by atoms with Gasteiger partial charge < -0.3 is 20.3 Å². The van der Waals surface area contributed by atoms with Gasteiger partial charge in [0.15, 0.2) is 0 Å². The number of hydrogen-bond acceptors (Lipinski definition) is 4. The van der Waals surface area contributed by atoms with Gasteiger partial charge in [-0.15, -0.1) is 0 Å². The number of nitrogens with zero attached hydrogens (tertiary/aromatic N) is 1. The topological polar surface area (TPSA) is 70.7 Å². The van der Waals surface area contributed by atoms with Gasteiger partial charge in [0.2, 0.25) is 5.91 Å². The van der Waals surface area contributed by atoms with E-state index in [2.05, 4.69) is 29.6 Å². The summed E-state index contributed by atoms with van der Waals surface area (Å²) in [5.74, 6) is -0.429. The second kappa shape index (κ2) is 11.9. The third-order valence-corrected chi connectivity index (χ3v) is 6.92. The summed E-state index contributed by atoms with van der Waals surface area (Å²) in [6.45, 7) is 5.38. The first-order valence-electron chi connectivity index (χ1n) is 12.7. The molecule has 0 spiro atoms. The molecule has 196 valence electrons. The summed E-state index contributed by atoms with van der Waals surface area (Å²) >= 11 is 0. The summed E-state index contributed by atoms with van der Waals surface area (Å²) in [5, 5.41) is 5.94. The van der Waals surface area contributed by atoms with Gasteiger partial charge >= 0.3 is 6.09 Å². The van der Waals surface area contributed by atoms with Crippen LogP contribution in [0.3, 0.4) is 0 Å². The summed E-state index contributed by atoms with van der Waals surface area (Å²) in [5.41, 5.74) is 1.20. The van der Waals surface area contributed by atoms with E-state index < -0.39 is 17.7 Å². The molecule has 6 nitrogen and oxygen atoms in total. The van der Waals surface area contributed by atoms with Gasteiger partial charge in [0.25, 0.3) is 0 Å². The van der Waals surface area contributed by atoms with Crippen molar-refractivity contribution >= 4 is 12.0 Å². The van der Waals surface area contributed by atoms with E-state index >= 15 is 0 Å². The Kier molecular flexibility index (Phi) is 9.12. The predicted molar refractivity (Wildman–Crippen MR) is 140 cm³/mol. The molecule has 0 heterocycles. The number of carbonyl (C=O) groups is 2. The molecule has 2 aromatic carbocycles. The molecule has 7 heteroatoms. The lowest BCUT2D eigenvalue weighted by Gasteiger charge is -2.45. The van der Waals surface area contributed by atoms with Crippen LogP contribution in [0.1, 0.15) is 57.6 Å². The molecule has 2 amide bonds.